The second-order valence-corrected chi connectivity index (χ2v) is 5.50. The van der Waals surface area contributed by atoms with E-state index in [-0.39, 0.29) is 0 Å². The predicted molar refractivity (Wildman–Crippen MR) is 69.7 cm³/mol. The van der Waals surface area contributed by atoms with E-state index >= 15 is 0 Å². The summed E-state index contributed by atoms with van der Waals surface area (Å²) < 4.78 is 0. The monoisotopic (exact) mass is 252 g/mol. The van der Waals surface area contributed by atoms with Crippen LogP contribution in [0, 0.1) is 5.41 Å². The quantitative estimate of drug-likeness (QED) is 0.822. The molecule has 2 heterocycles. The number of halogens is 1. The summed E-state index contributed by atoms with van der Waals surface area (Å²) in [5.41, 5.74) is 1.42. The fourth-order valence-corrected chi connectivity index (χ4v) is 3.23. The van der Waals surface area contributed by atoms with Crippen LogP contribution >= 0.6 is 11.6 Å². The zero-order valence-electron chi connectivity index (χ0n) is 10.0. The summed E-state index contributed by atoms with van der Waals surface area (Å²) >= 11 is 6.09. The van der Waals surface area contributed by atoms with Crippen molar-refractivity contribution >= 4 is 23.1 Å². The van der Waals surface area contributed by atoms with Crippen LogP contribution in [0.4, 0.5) is 11.5 Å². The maximum absolute atomic E-state index is 6.09. The number of nitrogens with zero attached hydrogens (tertiary/aromatic N) is 3. The first-order chi connectivity index (χ1) is 8.24. The van der Waals surface area contributed by atoms with E-state index in [0.29, 0.717) is 10.6 Å². The van der Waals surface area contributed by atoms with Crippen molar-refractivity contribution in [2.45, 2.75) is 25.7 Å². The molecule has 0 atom stereocenters. The van der Waals surface area contributed by atoms with Crippen molar-refractivity contribution in [3.63, 3.8) is 0 Å². The van der Waals surface area contributed by atoms with Gasteiger partial charge in [0.25, 0.3) is 0 Å². The van der Waals surface area contributed by atoms with Crippen molar-refractivity contribution in [2.75, 3.05) is 30.4 Å². The molecule has 17 heavy (non-hydrogen) atoms. The Bertz CT molecular complexity index is 431. The van der Waals surface area contributed by atoms with Crippen LogP contribution in [0.3, 0.4) is 0 Å². The molecule has 0 bridgehead atoms. The summed E-state index contributed by atoms with van der Waals surface area (Å²) in [5, 5.41) is 3.61. The molecule has 2 aliphatic rings. The van der Waals surface area contributed by atoms with Gasteiger partial charge >= 0.3 is 0 Å². The lowest BCUT2D eigenvalue weighted by Crippen LogP contribution is -2.33. The van der Waals surface area contributed by atoms with Crippen LogP contribution < -0.4 is 10.2 Å². The summed E-state index contributed by atoms with van der Waals surface area (Å²) in [6.07, 6.45) is 6.97. The van der Waals surface area contributed by atoms with Crippen LogP contribution in [0.1, 0.15) is 25.7 Å². The molecular formula is C12H17ClN4. The zero-order chi connectivity index (χ0) is 11.9. The van der Waals surface area contributed by atoms with Gasteiger partial charge in [-0.2, -0.15) is 0 Å². The predicted octanol–water partition coefficient (Wildman–Crippen LogP) is 2.55. The fourth-order valence-electron chi connectivity index (χ4n) is 3.01. The van der Waals surface area contributed by atoms with E-state index in [4.69, 9.17) is 11.6 Å². The van der Waals surface area contributed by atoms with E-state index in [1.807, 2.05) is 7.05 Å². The summed E-state index contributed by atoms with van der Waals surface area (Å²) in [6, 6.07) is 0. The van der Waals surface area contributed by atoms with Gasteiger partial charge in [-0.25, -0.2) is 9.97 Å². The van der Waals surface area contributed by atoms with Crippen LogP contribution in [0.25, 0.3) is 0 Å². The standard InChI is InChI=1S/C12H17ClN4/c1-14-9-10(13)15-8-16-11(9)17-6-5-12(7-17)3-2-4-12/h8,14H,2-7H2,1H3. The molecule has 1 aromatic heterocycles. The molecule has 1 aliphatic heterocycles. The van der Waals surface area contributed by atoms with E-state index < -0.39 is 0 Å². The highest BCUT2D eigenvalue weighted by molar-refractivity contribution is 6.32. The number of nitrogens with one attached hydrogen (secondary N) is 1. The molecule has 1 N–H and O–H groups in total. The Balaban J connectivity index is 1.87. The number of hydrogen-bond acceptors (Lipinski definition) is 4. The van der Waals surface area contributed by atoms with Gasteiger partial charge in [-0.1, -0.05) is 18.0 Å². The van der Waals surface area contributed by atoms with Gasteiger partial charge in [-0.15, -0.1) is 0 Å². The summed E-state index contributed by atoms with van der Waals surface area (Å²) in [6.45, 7) is 2.21. The summed E-state index contributed by atoms with van der Waals surface area (Å²) in [7, 11) is 1.86. The van der Waals surface area contributed by atoms with Crippen molar-refractivity contribution in [3.8, 4) is 0 Å². The highest BCUT2D eigenvalue weighted by Crippen LogP contribution is 2.49. The first-order valence-electron chi connectivity index (χ1n) is 6.17. The van der Waals surface area contributed by atoms with E-state index in [0.717, 1.165) is 24.6 Å². The minimum Gasteiger partial charge on any atom is -0.383 e. The SMILES string of the molecule is CNc1c(Cl)ncnc1N1CCC2(CCC2)C1. The van der Waals surface area contributed by atoms with Crippen molar-refractivity contribution in [2.24, 2.45) is 5.41 Å². The Labute approximate surface area is 106 Å². The lowest BCUT2D eigenvalue weighted by atomic mass is 9.68. The van der Waals surface area contributed by atoms with Gasteiger partial charge in [0.1, 0.15) is 12.0 Å². The first kappa shape index (κ1) is 11.1. The second-order valence-electron chi connectivity index (χ2n) is 5.14. The van der Waals surface area contributed by atoms with E-state index in [1.165, 1.54) is 25.7 Å². The molecule has 1 spiro atoms. The number of aromatic nitrogens is 2. The maximum Gasteiger partial charge on any atom is 0.157 e. The van der Waals surface area contributed by atoms with Gasteiger partial charge < -0.3 is 10.2 Å². The Kier molecular flexibility index (Phi) is 2.62. The molecule has 1 aliphatic carbocycles. The smallest absolute Gasteiger partial charge is 0.157 e. The van der Waals surface area contributed by atoms with Crippen molar-refractivity contribution < 1.29 is 0 Å². The summed E-state index contributed by atoms with van der Waals surface area (Å²) in [5.74, 6) is 0.955. The molecule has 5 heteroatoms. The lowest BCUT2D eigenvalue weighted by Gasteiger charge is -2.38. The molecule has 0 amide bonds. The highest BCUT2D eigenvalue weighted by Gasteiger charge is 2.43. The Morgan fingerprint density at radius 3 is 2.76 bits per heavy atom. The molecule has 2 fully saturated rings. The highest BCUT2D eigenvalue weighted by atomic mass is 35.5. The number of anilines is 2. The topological polar surface area (TPSA) is 41.1 Å². The Morgan fingerprint density at radius 1 is 1.35 bits per heavy atom. The molecule has 0 aromatic carbocycles. The second kappa shape index (κ2) is 4.02. The van der Waals surface area contributed by atoms with E-state index in [9.17, 15) is 0 Å². The maximum atomic E-state index is 6.09. The van der Waals surface area contributed by atoms with Gasteiger partial charge in [0, 0.05) is 20.1 Å². The van der Waals surface area contributed by atoms with Gasteiger partial charge in [0.05, 0.1) is 0 Å². The zero-order valence-corrected chi connectivity index (χ0v) is 10.8. The van der Waals surface area contributed by atoms with Crippen LogP contribution in [-0.4, -0.2) is 30.1 Å². The largest absolute Gasteiger partial charge is 0.383 e. The van der Waals surface area contributed by atoms with Gasteiger partial charge in [-0.05, 0) is 24.7 Å². The normalized spacial score (nSPS) is 21.6. The minimum absolute atomic E-state index is 0.507. The lowest BCUT2D eigenvalue weighted by molar-refractivity contribution is 0.165. The van der Waals surface area contributed by atoms with Crippen LogP contribution in [0.2, 0.25) is 5.15 Å². The van der Waals surface area contributed by atoms with Gasteiger partial charge in [0.15, 0.2) is 11.0 Å². The van der Waals surface area contributed by atoms with E-state index in [2.05, 4.69) is 20.2 Å². The first-order valence-corrected chi connectivity index (χ1v) is 6.55. The van der Waals surface area contributed by atoms with Crippen molar-refractivity contribution in [1.29, 1.82) is 0 Å². The van der Waals surface area contributed by atoms with Crippen LogP contribution in [0.5, 0.6) is 0 Å². The molecule has 1 saturated carbocycles. The number of hydrogen-bond donors (Lipinski definition) is 1. The fraction of sp³-hybridized carbons (Fsp3) is 0.667. The van der Waals surface area contributed by atoms with Crippen molar-refractivity contribution in [1.82, 2.24) is 9.97 Å². The summed E-state index contributed by atoms with van der Waals surface area (Å²) in [4.78, 5) is 10.7. The van der Waals surface area contributed by atoms with Gasteiger partial charge in [-0.3, -0.25) is 0 Å². The number of rotatable bonds is 2. The third-order valence-electron chi connectivity index (χ3n) is 4.18. The molecule has 4 nitrogen and oxygen atoms in total. The van der Waals surface area contributed by atoms with Crippen molar-refractivity contribution in [3.05, 3.63) is 11.5 Å². The van der Waals surface area contributed by atoms with Crippen LogP contribution in [-0.2, 0) is 0 Å². The molecule has 0 unspecified atom stereocenters. The van der Waals surface area contributed by atoms with E-state index in [1.54, 1.807) is 6.33 Å². The molecule has 0 radical (unpaired) electrons. The molecule has 1 aromatic rings. The van der Waals surface area contributed by atoms with Gasteiger partial charge in [0.2, 0.25) is 0 Å². The average molecular weight is 253 g/mol. The van der Waals surface area contributed by atoms with Crippen LogP contribution in [0.15, 0.2) is 6.33 Å². The Hall–Kier alpha value is -1.03. The third-order valence-corrected chi connectivity index (χ3v) is 4.47. The Morgan fingerprint density at radius 2 is 2.18 bits per heavy atom. The minimum atomic E-state index is 0.507. The third kappa shape index (κ3) is 1.75. The molecule has 3 rings (SSSR count). The average Bonchev–Trinajstić information content (AvgIpc) is 2.73. The molecular weight excluding hydrogens is 236 g/mol. The molecule has 1 saturated heterocycles. The molecule has 92 valence electrons.